The van der Waals surface area contributed by atoms with E-state index in [0.29, 0.717) is 18.1 Å². The Morgan fingerprint density at radius 3 is 2.77 bits per heavy atom. The fourth-order valence-electron chi connectivity index (χ4n) is 2.69. The molecule has 1 N–H and O–H groups in total. The number of carbonyl (C=O) groups is 1. The van der Waals surface area contributed by atoms with Gasteiger partial charge in [-0.05, 0) is 12.1 Å². The van der Waals surface area contributed by atoms with E-state index in [4.69, 9.17) is 4.74 Å². The smallest absolute Gasteiger partial charge is 0.276 e. The van der Waals surface area contributed by atoms with Gasteiger partial charge in [0.2, 0.25) is 0 Å². The van der Waals surface area contributed by atoms with Crippen molar-refractivity contribution in [3.8, 4) is 11.3 Å². The number of imidazole rings is 1. The lowest BCUT2D eigenvalue weighted by atomic mass is 10.1. The number of rotatable bonds is 5. The SMILES string of the molecule is COCc1nc(C(=O)Nc2c(-c3ccccc3)nc3ccccn23)cs1. The van der Waals surface area contributed by atoms with Crippen LogP contribution >= 0.6 is 11.3 Å². The van der Waals surface area contributed by atoms with Crippen molar-refractivity contribution in [2.24, 2.45) is 0 Å². The van der Waals surface area contributed by atoms with E-state index in [9.17, 15) is 4.79 Å². The van der Waals surface area contributed by atoms with Gasteiger partial charge in [0.05, 0.1) is 6.61 Å². The van der Waals surface area contributed by atoms with E-state index in [1.54, 1.807) is 12.5 Å². The molecule has 0 unspecified atom stereocenters. The molecule has 1 amide bonds. The van der Waals surface area contributed by atoms with Gasteiger partial charge in [0.1, 0.15) is 27.9 Å². The number of benzene rings is 1. The Labute approximate surface area is 154 Å². The summed E-state index contributed by atoms with van der Waals surface area (Å²) in [6, 6.07) is 15.5. The summed E-state index contributed by atoms with van der Waals surface area (Å²) in [5.41, 5.74) is 2.79. The summed E-state index contributed by atoms with van der Waals surface area (Å²) in [7, 11) is 1.60. The van der Waals surface area contributed by atoms with E-state index in [1.807, 2.05) is 59.1 Å². The van der Waals surface area contributed by atoms with E-state index in [2.05, 4.69) is 15.3 Å². The molecule has 0 fully saturated rings. The number of thiazole rings is 1. The van der Waals surface area contributed by atoms with E-state index >= 15 is 0 Å². The Balaban J connectivity index is 1.74. The normalized spacial score (nSPS) is 11.0. The molecule has 0 spiro atoms. The second-order valence-electron chi connectivity index (χ2n) is 5.62. The Hall–Kier alpha value is -3.03. The number of aromatic nitrogens is 3. The molecule has 130 valence electrons. The minimum atomic E-state index is -0.272. The molecule has 0 radical (unpaired) electrons. The van der Waals surface area contributed by atoms with Crippen LogP contribution in [0.2, 0.25) is 0 Å². The molecule has 3 aromatic heterocycles. The Bertz CT molecular complexity index is 1060. The quantitative estimate of drug-likeness (QED) is 0.584. The molecule has 0 saturated carbocycles. The summed E-state index contributed by atoms with van der Waals surface area (Å²) in [5.74, 6) is 0.351. The molecule has 0 atom stereocenters. The van der Waals surface area contributed by atoms with Crippen LogP contribution in [0.5, 0.6) is 0 Å². The predicted molar refractivity (Wildman–Crippen MR) is 101 cm³/mol. The molecule has 3 heterocycles. The summed E-state index contributed by atoms with van der Waals surface area (Å²) < 4.78 is 6.93. The first-order chi connectivity index (χ1) is 12.8. The van der Waals surface area contributed by atoms with Gasteiger partial charge in [-0.1, -0.05) is 36.4 Å². The lowest BCUT2D eigenvalue weighted by molar-refractivity contribution is 0.102. The highest BCUT2D eigenvalue weighted by molar-refractivity contribution is 7.09. The van der Waals surface area contributed by atoms with Crippen molar-refractivity contribution in [1.29, 1.82) is 0 Å². The van der Waals surface area contributed by atoms with Crippen molar-refractivity contribution in [1.82, 2.24) is 14.4 Å². The molecule has 4 rings (SSSR count). The number of anilines is 1. The predicted octanol–water partition coefficient (Wildman–Crippen LogP) is 3.86. The number of hydrogen-bond acceptors (Lipinski definition) is 5. The first-order valence-corrected chi connectivity index (χ1v) is 8.91. The van der Waals surface area contributed by atoms with Gasteiger partial charge in [-0.15, -0.1) is 11.3 Å². The van der Waals surface area contributed by atoms with E-state index in [0.717, 1.165) is 21.9 Å². The van der Waals surface area contributed by atoms with Gasteiger partial charge in [0.25, 0.3) is 5.91 Å². The van der Waals surface area contributed by atoms with Crippen LogP contribution in [-0.4, -0.2) is 27.4 Å². The first kappa shape index (κ1) is 16.4. The number of carbonyl (C=O) groups excluding carboxylic acids is 1. The van der Waals surface area contributed by atoms with Crippen LogP contribution in [0.15, 0.2) is 60.1 Å². The maximum Gasteiger partial charge on any atom is 0.276 e. The standard InChI is InChI=1S/C19H16N4O2S/c1-25-11-16-20-14(12-26-16)19(24)22-18-17(13-7-3-2-4-8-13)21-15-9-5-6-10-23(15)18/h2-10,12H,11H2,1H3,(H,22,24). The molecule has 7 heteroatoms. The number of ether oxygens (including phenoxy) is 1. The van der Waals surface area contributed by atoms with Gasteiger partial charge in [-0.25, -0.2) is 9.97 Å². The van der Waals surface area contributed by atoms with Crippen molar-refractivity contribution in [3.63, 3.8) is 0 Å². The Morgan fingerprint density at radius 1 is 1.15 bits per heavy atom. The van der Waals surface area contributed by atoms with Gasteiger partial charge in [0, 0.05) is 24.3 Å². The van der Waals surface area contributed by atoms with Gasteiger partial charge >= 0.3 is 0 Å². The molecular weight excluding hydrogens is 348 g/mol. The fourth-order valence-corrected chi connectivity index (χ4v) is 3.43. The largest absolute Gasteiger partial charge is 0.378 e. The minimum absolute atomic E-state index is 0.272. The number of fused-ring (bicyclic) bond motifs is 1. The summed E-state index contributed by atoms with van der Waals surface area (Å²) in [4.78, 5) is 21.7. The number of pyridine rings is 1. The summed E-state index contributed by atoms with van der Waals surface area (Å²) in [5, 5.41) is 5.46. The fraction of sp³-hybridized carbons (Fsp3) is 0.105. The first-order valence-electron chi connectivity index (χ1n) is 8.03. The third kappa shape index (κ3) is 3.10. The zero-order valence-corrected chi connectivity index (χ0v) is 14.9. The second-order valence-corrected chi connectivity index (χ2v) is 6.56. The lowest BCUT2D eigenvalue weighted by Crippen LogP contribution is -2.14. The average molecular weight is 364 g/mol. The third-order valence-corrected chi connectivity index (χ3v) is 4.68. The van der Waals surface area contributed by atoms with Crippen LogP contribution < -0.4 is 5.32 Å². The summed E-state index contributed by atoms with van der Waals surface area (Å²) in [6.45, 7) is 0.392. The molecule has 0 aliphatic rings. The number of nitrogens with zero attached hydrogens (tertiary/aromatic N) is 3. The molecule has 0 saturated heterocycles. The number of amides is 1. The number of nitrogens with one attached hydrogen (secondary N) is 1. The molecule has 0 aliphatic heterocycles. The van der Waals surface area contributed by atoms with Gasteiger partial charge in [-0.3, -0.25) is 9.20 Å². The second kappa shape index (κ2) is 7.07. The van der Waals surface area contributed by atoms with Crippen LogP contribution in [0, 0.1) is 0 Å². The summed E-state index contributed by atoms with van der Waals surface area (Å²) >= 11 is 1.40. The van der Waals surface area contributed by atoms with Crippen LogP contribution in [0.4, 0.5) is 5.82 Å². The zero-order chi connectivity index (χ0) is 17.9. The van der Waals surface area contributed by atoms with Gasteiger partial charge in [-0.2, -0.15) is 0 Å². The van der Waals surface area contributed by atoms with Crippen LogP contribution in [-0.2, 0) is 11.3 Å². The van der Waals surface area contributed by atoms with Crippen molar-refractivity contribution in [2.75, 3.05) is 12.4 Å². The minimum Gasteiger partial charge on any atom is -0.378 e. The molecular formula is C19H16N4O2S. The molecule has 0 aliphatic carbocycles. The molecule has 6 nitrogen and oxygen atoms in total. The maximum atomic E-state index is 12.7. The number of hydrogen-bond donors (Lipinski definition) is 1. The van der Waals surface area contributed by atoms with E-state index < -0.39 is 0 Å². The van der Waals surface area contributed by atoms with Crippen LogP contribution in [0.25, 0.3) is 16.9 Å². The monoisotopic (exact) mass is 364 g/mol. The molecule has 0 bridgehead atoms. The number of methoxy groups -OCH3 is 1. The van der Waals surface area contributed by atoms with E-state index in [-0.39, 0.29) is 5.91 Å². The Kier molecular flexibility index (Phi) is 4.47. The van der Waals surface area contributed by atoms with E-state index in [1.165, 1.54) is 11.3 Å². The summed E-state index contributed by atoms with van der Waals surface area (Å²) in [6.07, 6.45) is 1.88. The molecule has 1 aromatic carbocycles. The highest BCUT2D eigenvalue weighted by Gasteiger charge is 2.18. The van der Waals surface area contributed by atoms with Crippen molar-refractivity contribution < 1.29 is 9.53 Å². The third-order valence-electron chi connectivity index (χ3n) is 3.86. The van der Waals surface area contributed by atoms with Crippen molar-refractivity contribution in [2.45, 2.75) is 6.61 Å². The van der Waals surface area contributed by atoms with Crippen LogP contribution in [0.3, 0.4) is 0 Å². The zero-order valence-electron chi connectivity index (χ0n) is 14.0. The lowest BCUT2D eigenvalue weighted by Gasteiger charge is -2.06. The average Bonchev–Trinajstić information content (AvgIpc) is 3.28. The van der Waals surface area contributed by atoms with Gasteiger partial charge in [0.15, 0.2) is 0 Å². The maximum absolute atomic E-state index is 12.7. The van der Waals surface area contributed by atoms with Crippen LogP contribution in [0.1, 0.15) is 15.5 Å². The highest BCUT2D eigenvalue weighted by Crippen LogP contribution is 2.29. The van der Waals surface area contributed by atoms with Gasteiger partial charge < -0.3 is 10.1 Å². The van der Waals surface area contributed by atoms with Crippen molar-refractivity contribution in [3.05, 3.63) is 70.8 Å². The van der Waals surface area contributed by atoms with Crippen molar-refractivity contribution >= 4 is 28.7 Å². The molecule has 26 heavy (non-hydrogen) atoms. The highest BCUT2D eigenvalue weighted by atomic mass is 32.1. The molecule has 4 aromatic rings. The topological polar surface area (TPSA) is 68.5 Å². The Morgan fingerprint density at radius 2 is 1.96 bits per heavy atom.